The fourth-order valence-electron chi connectivity index (χ4n) is 2.24. The van der Waals surface area contributed by atoms with Crippen molar-refractivity contribution in [1.29, 1.82) is 0 Å². The molecule has 1 aromatic carbocycles. The number of hydrogen-bond acceptors (Lipinski definition) is 2. The zero-order valence-corrected chi connectivity index (χ0v) is 11.2. The van der Waals surface area contributed by atoms with Gasteiger partial charge in [-0.2, -0.15) is 0 Å². The van der Waals surface area contributed by atoms with Crippen LogP contribution in [0.1, 0.15) is 18.4 Å². The third-order valence-corrected chi connectivity index (χ3v) is 3.50. The summed E-state index contributed by atoms with van der Waals surface area (Å²) in [4.78, 5) is 11.9. The lowest BCUT2D eigenvalue weighted by Gasteiger charge is -2.21. The molecule has 0 spiro atoms. The molecule has 1 aromatic rings. The highest BCUT2D eigenvalue weighted by Gasteiger charge is 2.19. The van der Waals surface area contributed by atoms with E-state index in [0.29, 0.717) is 6.54 Å². The molecule has 4 heteroatoms. The van der Waals surface area contributed by atoms with E-state index in [2.05, 4.69) is 10.6 Å². The molecule has 1 atom stereocenters. The van der Waals surface area contributed by atoms with E-state index >= 15 is 0 Å². The van der Waals surface area contributed by atoms with Crippen molar-refractivity contribution in [3.8, 4) is 0 Å². The van der Waals surface area contributed by atoms with Gasteiger partial charge in [0.25, 0.3) is 0 Å². The summed E-state index contributed by atoms with van der Waals surface area (Å²) in [6, 6.07) is 7.76. The van der Waals surface area contributed by atoms with Crippen LogP contribution in [0.25, 0.3) is 0 Å². The first-order chi connectivity index (χ1) is 8.75. The summed E-state index contributed by atoms with van der Waals surface area (Å²) in [5.41, 5.74) is 1.16. The van der Waals surface area contributed by atoms with E-state index in [4.69, 9.17) is 11.6 Å². The van der Waals surface area contributed by atoms with E-state index in [9.17, 15) is 4.79 Å². The molecule has 1 aliphatic heterocycles. The fraction of sp³-hybridized carbons (Fsp3) is 0.500. The summed E-state index contributed by atoms with van der Waals surface area (Å²) in [5.74, 6) is 0.308. The zero-order valence-electron chi connectivity index (χ0n) is 10.4. The molecular formula is C14H19ClN2O. The minimum Gasteiger partial charge on any atom is -0.355 e. The molecule has 0 saturated carbocycles. The van der Waals surface area contributed by atoms with Gasteiger partial charge >= 0.3 is 0 Å². The fourth-order valence-corrected chi connectivity index (χ4v) is 2.46. The van der Waals surface area contributed by atoms with E-state index in [1.54, 1.807) is 0 Å². The Kier molecular flexibility index (Phi) is 5.02. The number of carbonyl (C=O) groups excluding carboxylic acids is 1. The molecule has 0 bridgehead atoms. The van der Waals surface area contributed by atoms with Crippen molar-refractivity contribution in [3.05, 3.63) is 34.9 Å². The van der Waals surface area contributed by atoms with Gasteiger partial charge in [0.15, 0.2) is 0 Å². The predicted molar refractivity (Wildman–Crippen MR) is 73.8 cm³/mol. The Bertz CT molecular complexity index is 403. The Balaban J connectivity index is 1.73. The van der Waals surface area contributed by atoms with Crippen LogP contribution in [-0.2, 0) is 11.2 Å². The van der Waals surface area contributed by atoms with E-state index in [1.165, 1.54) is 0 Å². The van der Waals surface area contributed by atoms with E-state index in [0.717, 1.165) is 42.9 Å². The smallest absolute Gasteiger partial charge is 0.224 e. The molecule has 0 aromatic heterocycles. The predicted octanol–water partition coefficient (Wildman–Crippen LogP) is 2.00. The average molecular weight is 267 g/mol. The Morgan fingerprint density at radius 3 is 3.11 bits per heavy atom. The van der Waals surface area contributed by atoms with Crippen LogP contribution in [0, 0.1) is 5.92 Å². The van der Waals surface area contributed by atoms with Crippen molar-refractivity contribution in [2.24, 2.45) is 5.92 Å². The van der Waals surface area contributed by atoms with Crippen LogP contribution >= 0.6 is 11.6 Å². The summed E-state index contributed by atoms with van der Waals surface area (Å²) in [6.07, 6.45) is 2.91. The lowest BCUT2D eigenvalue weighted by molar-refractivity contribution is -0.125. The monoisotopic (exact) mass is 266 g/mol. The van der Waals surface area contributed by atoms with Crippen LogP contribution in [0.15, 0.2) is 24.3 Å². The highest BCUT2D eigenvalue weighted by atomic mass is 35.5. The number of rotatable bonds is 4. The van der Waals surface area contributed by atoms with Gasteiger partial charge in [-0.05, 0) is 43.5 Å². The number of carbonyl (C=O) groups is 1. The summed E-state index contributed by atoms with van der Waals surface area (Å²) in [5, 5.41) is 7.00. The van der Waals surface area contributed by atoms with Gasteiger partial charge in [0, 0.05) is 18.1 Å². The van der Waals surface area contributed by atoms with Gasteiger partial charge in [-0.15, -0.1) is 0 Å². The Labute approximate surface area is 113 Å². The molecule has 3 nitrogen and oxygen atoms in total. The van der Waals surface area contributed by atoms with E-state index < -0.39 is 0 Å². The topological polar surface area (TPSA) is 41.1 Å². The molecule has 2 N–H and O–H groups in total. The molecule has 1 fully saturated rings. The molecule has 1 saturated heterocycles. The number of halogens is 1. The zero-order chi connectivity index (χ0) is 12.8. The van der Waals surface area contributed by atoms with Crippen molar-refractivity contribution in [2.45, 2.75) is 19.3 Å². The Morgan fingerprint density at radius 1 is 1.50 bits per heavy atom. The second-order valence-corrected chi connectivity index (χ2v) is 5.15. The van der Waals surface area contributed by atoms with Gasteiger partial charge in [0.2, 0.25) is 5.91 Å². The maximum Gasteiger partial charge on any atom is 0.224 e. The number of benzene rings is 1. The van der Waals surface area contributed by atoms with Gasteiger partial charge < -0.3 is 10.6 Å². The minimum atomic E-state index is 0.137. The standard InChI is InChI=1S/C14H19ClN2O/c15-13-5-1-3-11(9-13)6-8-17-14(18)12-4-2-7-16-10-12/h1,3,5,9,12,16H,2,4,6-8,10H2,(H,17,18). The van der Waals surface area contributed by atoms with Gasteiger partial charge in [0.05, 0.1) is 5.92 Å². The quantitative estimate of drug-likeness (QED) is 0.875. The molecule has 1 unspecified atom stereocenters. The first kappa shape index (κ1) is 13.4. The molecule has 18 heavy (non-hydrogen) atoms. The molecule has 2 rings (SSSR count). The number of amides is 1. The van der Waals surface area contributed by atoms with Crippen LogP contribution < -0.4 is 10.6 Å². The van der Waals surface area contributed by atoms with Crippen LogP contribution in [0.2, 0.25) is 5.02 Å². The van der Waals surface area contributed by atoms with Crippen LogP contribution in [0.5, 0.6) is 0 Å². The van der Waals surface area contributed by atoms with Crippen LogP contribution in [0.4, 0.5) is 0 Å². The molecule has 1 heterocycles. The highest BCUT2D eigenvalue weighted by Crippen LogP contribution is 2.11. The molecule has 0 aliphatic carbocycles. The first-order valence-electron chi connectivity index (χ1n) is 6.48. The summed E-state index contributed by atoms with van der Waals surface area (Å²) >= 11 is 5.91. The van der Waals surface area contributed by atoms with Gasteiger partial charge in [-0.25, -0.2) is 0 Å². The number of hydrogen-bond donors (Lipinski definition) is 2. The second kappa shape index (κ2) is 6.76. The van der Waals surface area contributed by atoms with E-state index in [1.807, 2.05) is 24.3 Å². The van der Waals surface area contributed by atoms with Gasteiger partial charge in [0.1, 0.15) is 0 Å². The molecule has 0 radical (unpaired) electrons. The molecular weight excluding hydrogens is 248 g/mol. The molecule has 1 aliphatic rings. The maximum absolute atomic E-state index is 11.9. The van der Waals surface area contributed by atoms with Crippen molar-refractivity contribution in [1.82, 2.24) is 10.6 Å². The summed E-state index contributed by atoms with van der Waals surface area (Å²) in [6.45, 7) is 2.52. The van der Waals surface area contributed by atoms with Gasteiger partial charge in [-0.1, -0.05) is 23.7 Å². The average Bonchev–Trinajstić information content (AvgIpc) is 2.40. The van der Waals surface area contributed by atoms with Crippen molar-refractivity contribution in [2.75, 3.05) is 19.6 Å². The Morgan fingerprint density at radius 2 is 2.39 bits per heavy atom. The third-order valence-electron chi connectivity index (χ3n) is 3.27. The van der Waals surface area contributed by atoms with E-state index in [-0.39, 0.29) is 11.8 Å². The number of nitrogens with one attached hydrogen (secondary N) is 2. The lowest BCUT2D eigenvalue weighted by atomic mass is 9.99. The highest BCUT2D eigenvalue weighted by molar-refractivity contribution is 6.30. The normalized spacial score (nSPS) is 19.5. The molecule has 1 amide bonds. The maximum atomic E-state index is 11.9. The van der Waals surface area contributed by atoms with Crippen LogP contribution in [0.3, 0.4) is 0 Å². The van der Waals surface area contributed by atoms with Crippen molar-refractivity contribution >= 4 is 17.5 Å². The largest absolute Gasteiger partial charge is 0.355 e. The first-order valence-corrected chi connectivity index (χ1v) is 6.86. The minimum absolute atomic E-state index is 0.137. The van der Waals surface area contributed by atoms with Crippen LogP contribution in [-0.4, -0.2) is 25.5 Å². The van der Waals surface area contributed by atoms with Crippen molar-refractivity contribution < 1.29 is 4.79 Å². The van der Waals surface area contributed by atoms with Crippen molar-refractivity contribution in [3.63, 3.8) is 0 Å². The number of piperidine rings is 1. The lowest BCUT2D eigenvalue weighted by Crippen LogP contribution is -2.41. The summed E-state index contributed by atoms with van der Waals surface area (Å²) in [7, 11) is 0. The Hall–Kier alpha value is -1.06. The SMILES string of the molecule is O=C(NCCc1cccc(Cl)c1)C1CCCNC1. The summed E-state index contributed by atoms with van der Waals surface area (Å²) < 4.78 is 0. The van der Waals surface area contributed by atoms with Gasteiger partial charge in [-0.3, -0.25) is 4.79 Å². The second-order valence-electron chi connectivity index (χ2n) is 4.71. The third kappa shape index (κ3) is 4.00. The molecule has 98 valence electrons.